The molecule has 0 unspecified atom stereocenters. The van der Waals surface area contributed by atoms with Crippen LogP contribution in [0.1, 0.15) is 10.4 Å². The van der Waals surface area contributed by atoms with Crippen molar-refractivity contribution in [1.82, 2.24) is 10.6 Å². The molecule has 1 rings (SSSR count). The fraction of sp³-hybridized carbons (Fsp3) is 0.273. The van der Waals surface area contributed by atoms with Gasteiger partial charge >= 0.3 is 6.03 Å². The summed E-state index contributed by atoms with van der Waals surface area (Å²) >= 11 is 0. The van der Waals surface area contributed by atoms with Gasteiger partial charge in [-0.05, 0) is 12.1 Å². The van der Waals surface area contributed by atoms with Crippen molar-refractivity contribution in [3.8, 4) is 0 Å². The van der Waals surface area contributed by atoms with E-state index in [0.29, 0.717) is 5.69 Å². The Morgan fingerprint density at radius 3 is 2.50 bits per heavy atom. The third-order valence-electron chi connectivity index (χ3n) is 2.44. The van der Waals surface area contributed by atoms with E-state index in [1.165, 1.54) is 18.2 Å². The van der Waals surface area contributed by atoms with E-state index in [2.05, 4.69) is 16.0 Å². The van der Waals surface area contributed by atoms with Gasteiger partial charge in [0.25, 0.3) is 11.6 Å². The van der Waals surface area contributed by atoms with Gasteiger partial charge in [-0.2, -0.15) is 0 Å². The van der Waals surface area contributed by atoms with Crippen LogP contribution in [-0.2, 0) is 0 Å². The van der Waals surface area contributed by atoms with E-state index in [1.54, 1.807) is 7.05 Å². The van der Waals surface area contributed by atoms with Crippen LogP contribution in [0, 0.1) is 10.1 Å². The van der Waals surface area contributed by atoms with E-state index in [9.17, 15) is 19.7 Å². The second-order valence-corrected chi connectivity index (χ2v) is 3.79. The summed E-state index contributed by atoms with van der Waals surface area (Å²) in [5.74, 6) is -0.470. The van der Waals surface area contributed by atoms with Gasteiger partial charge in [0, 0.05) is 31.8 Å². The first kappa shape index (κ1) is 15.2. The molecule has 0 aromatic heterocycles. The van der Waals surface area contributed by atoms with Crippen LogP contribution in [0.15, 0.2) is 18.2 Å². The van der Waals surface area contributed by atoms with Crippen LogP contribution < -0.4 is 21.7 Å². The van der Waals surface area contributed by atoms with E-state index in [-0.39, 0.29) is 24.3 Å². The molecule has 9 nitrogen and oxygen atoms in total. The number of benzene rings is 1. The Morgan fingerprint density at radius 1 is 1.30 bits per heavy atom. The summed E-state index contributed by atoms with van der Waals surface area (Å²) in [5.41, 5.74) is 5.16. The minimum atomic E-state index is -0.687. The number of carbonyl (C=O) groups is 2. The van der Waals surface area contributed by atoms with E-state index >= 15 is 0 Å². The fourth-order valence-electron chi connectivity index (χ4n) is 1.50. The molecule has 1 aromatic rings. The summed E-state index contributed by atoms with van der Waals surface area (Å²) in [6.07, 6.45) is 0. The molecule has 0 radical (unpaired) electrons. The normalized spacial score (nSPS) is 9.65. The number of nitrogens with zero attached hydrogens (tertiary/aromatic N) is 1. The van der Waals surface area contributed by atoms with E-state index in [1.807, 2.05) is 0 Å². The van der Waals surface area contributed by atoms with Crippen LogP contribution in [0.4, 0.5) is 16.2 Å². The Labute approximate surface area is 114 Å². The van der Waals surface area contributed by atoms with E-state index < -0.39 is 16.9 Å². The van der Waals surface area contributed by atoms with Gasteiger partial charge in [-0.1, -0.05) is 0 Å². The molecule has 9 heteroatoms. The third-order valence-corrected chi connectivity index (χ3v) is 2.44. The lowest BCUT2D eigenvalue weighted by atomic mass is 10.1. The number of amides is 3. The van der Waals surface area contributed by atoms with Crippen molar-refractivity contribution in [3.05, 3.63) is 33.9 Å². The van der Waals surface area contributed by atoms with Gasteiger partial charge in [-0.15, -0.1) is 0 Å². The first-order valence-electron chi connectivity index (χ1n) is 5.73. The molecule has 0 aliphatic carbocycles. The molecule has 0 bridgehead atoms. The summed E-state index contributed by atoms with van der Waals surface area (Å²) in [7, 11) is 1.55. The lowest BCUT2D eigenvalue weighted by Gasteiger charge is -2.07. The van der Waals surface area contributed by atoms with Crippen LogP contribution in [0.5, 0.6) is 0 Å². The number of nitro benzene ring substituents is 1. The Balaban J connectivity index is 2.71. The Kier molecular flexibility index (Phi) is 5.27. The predicted molar refractivity (Wildman–Crippen MR) is 72.6 cm³/mol. The molecule has 0 saturated carbocycles. The molecule has 5 N–H and O–H groups in total. The van der Waals surface area contributed by atoms with Crippen molar-refractivity contribution in [2.75, 3.05) is 25.5 Å². The number of primary amides is 1. The molecule has 0 aliphatic heterocycles. The number of hydrogen-bond donors (Lipinski definition) is 4. The SMILES string of the molecule is CNc1ccc(C(=O)NCCNC(N)=O)cc1[N+](=O)[O-]. The summed E-state index contributed by atoms with van der Waals surface area (Å²) in [4.78, 5) is 32.5. The summed E-state index contributed by atoms with van der Waals surface area (Å²) in [6.45, 7) is 0.348. The molecule has 0 saturated heterocycles. The average molecular weight is 281 g/mol. The number of nitrogens with one attached hydrogen (secondary N) is 3. The van der Waals surface area contributed by atoms with Crippen molar-refractivity contribution in [1.29, 1.82) is 0 Å². The lowest BCUT2D eigenvalue weighted by Crippen LogP contribution is -2.37. The summed E-state index contributed by atoms with van der Waals surface area (Å²) in [6, 6.07) is 3.42. The monoisotopic (exact) mass is 281 g/mol. The molecule has 0 atom stereocenters. The molecule has 20 heavy (non-hydrogen) atoms. The second kappa shape index (κ2) is 6.92. The summed E-state index contributed by atoms with van der Waals surface area (Å²) < 4.78 is 0. The van der Waals surface area contributed by atoms with E-state index in [4.69, 9.17) is 5.73 Å². The van der Waals surface area contributed by atoms with Gasteiger partial charge in [0.2, 0.25) is 0 Å². The van der Waals surface area contributed by atoms with Gasteiger partial charge in [0.05, 0.1) is 4.92 Å². The van der Waals surface area contributed by atoms with Gasteiger partial charge < -0.3 is 21.7 Å². The van der Waals surface area contributed by atoms with Gasteiger partial charge in [-0.3, -0.25) is 14.9 Å². The molecule has 1 aromatic carbocycles. The molecule has 0 aliphatic rings. The van der Waals surface area contributed by atoms with Gasteiger partial charge in [0.1, 0.15) is 5.69 Å². The molecule has 0 heterocycles. The first-order chi connectivity index (χ1) is 9.45. The Hall–Kier alpha value is -2.84. The quantitative estimate of drug-likeness (QED) is 0.331. The zero-order valence-corrected chi connectivity index (χ0v) is 10.8. The minimum absolute atomic E-state index is 0.162. The predicted octanol–water partition coefficient (Wildman–Crippen LogP) is 0.0346. The standard InChI is InChI=1S/C11H15N5O4/c1-13-8-3-2-7(6-9(8)16(19)20)10(17)14-4-5-15-11(12)18/h2-3,6,13H,4-5H2,1H3,(H,14,17)(H3,12,15,18). The highest BCUT2D eigenvalue weighted by molar-refractivity contribution is 5.95. The fourth-order valence-corrected chi connectivity index (χ4v) is 1.50. The topological polar surface area (TPSA) is 139 Å². The molecule has 3 amide bonds. The van der Waals surface area contributed by atoms with Crippen molar-refractivity contribution < 1.29 is 14.5 Å². The van der Waals surface area contributed by atoms with Crippen LogP contribution in [0.2, 0.25) is 0 Å². The Morgan fingerprint density at radius 2 is 1.95 bits per heavy atom. The third kappa shape index (κ3) is 4.12. The highest BCUT2D eigenvalue weighted by Crippen LogP contribution is 2.24. The molecule has 0 fully saturated rings. The van der Waals surface area contributed by atoms with Crippen molar-refractivity contribution in [2.24, 2.45) is 5.73 Å². The van der Waals surface area contributed by atoms with Gasteiger partial charge in [0.15, 0.2) is 0 Å². The van der Waals surface area contributed by atoms with Crippen LogP contribution >= 0.6 is 0 Å². The number of anilines is 1. The van der Waals surface area contributed by atoms with Crippen molar-refractivity contribution >= 4 is 23.3 Å². The highest BCUT2D eigenvalue weighted by atomic mass is 16.6. The number of carbonyl (C=O) groups excluding carboxylic acids is 2. The van der Waals surface area contributed by atoms with Crippen LogP contribution in [0.25, 0.3) is 0 Å². The van der Waals surface area contributed by atoms with Crippen LogP contribution in [-0.4, -0.2) is 37.0 Å². The number of nitrogens with two attached hydrogens (primary N) is 1. The second-order valence-electron chi connectivity index (χ2n) is 3.79. The highest BCUT2D eigenvalue weighted by Gasteiger charge is 2.16. The minimum Gasteiger partial charge on any atom is -0.383 e. The van der Waals surface area contributed by atoms with E-state index in [0.717, 1.165) is 0 Å². The molecular weight excluding hydrogens is 266 g/mol. The Bertz CT molecular complexity index is 532. The lowest BCUT2D eigenvalue weighted by molar-refractivity contribution is -0.384. The maximum absolute atomic E-state index is 11.8. The summed E-state index contributed by atoms with van der Waals surface area (Å²) in [5, 5.41) is 18.3. The smallest absolute Gasteiger partial charge is 0.312 e. The maximum Gasteiger partial charge on any atom is 0.312 e. The number of nitro groups is 1. The molecule has 0 spiro atoms. The van der Waals surface area contributed by atoms with Crippen molar-refractivity contribution in [3.63, 3.8) is 0 Å². The average Bonchev–Trinajstić information content (AvgIpc) is 2.42. The zero-order chi connectivity index (χ0) is 15.1. The number of urea groups is 1. The number of hydrogen-bond acceptors (Lipinski definition) is 5. The van der Waals surface area contributed by atoms with Gasteiger partial charge in [-0.25, -0.2) is 4.79 Å². The maximum atomic E-state index is 11.8. The van der Waals surface area contributed by atoms with Crippen molar-refractivity contribution in [2.45, 2.75) is 0 Å². The molecular formula is C11H15N5O4. The zero-order valence-electron chi connectivity index (χ0n) is 10.8. The number of rotatable bonds is 6. The van der Waals surface area contributed by atoms with Crippen LogP contribution in [0.3, 0.4) is 0 Å². The first-order valence-corrected chi connectivity index (χ1v) is 5.73. The molecule has 108 valence electrons. The largest absolute Gasteiger partial charge is 0.383 e.